The van der Waals surface area contributed by atoms with Crippen molar-refractivity contribution in [3.63, 3.8) is 0 Å². The topological polar surface area (TPSA) is 50.8 Å². The summed E-state index contributed by atoms with van der Waals surface area (Å²) in [6.45, 7) is 1.26. The Morgan fingerprint density at radius 1 is 1.52 bits per heavy atom. The molecule has 21 heavy (non-hydrogen) atoms. The summed E-state index contributed by atoms with van der Waals surface area (Å²) in [7, 11) is 3.76. The third-order valence-electron chi connectivity index (χ3n) is 3.27. The molecular formula is C15H21ClN2O3. The summed E-state index contributed by atoms with van der Waals surface area (Å²) in [6, 6.07) is 5.41. The first-order chi connectivity index (χ1) is 10.1. The van der Waals surface area contributed by atoms with Crippen molar-refractivity contribution in [3.8, 4) is 0 Å². The SMILES string of the molecule is CN(C)c1c(Cl)cccc1NC(=O)COCC1CCCO1. The number of nitrogens with one attached hydrogen (secondary N) is 1. The third kappa shape index (κ3) is 4.59. The first-order valence-corrected chi connectivity index (χ1v) is 7.40. The molecule has 0 aromatic heterocycles. The van der Waals surface area contributed by atoms with Crippen LogP contribution < -0.4 is 10.2 Å². The number of hydrogen-bond acceptors (Lipinski definition) is 4. The molecular weight excluding hydrogens is 292 g/mol. The van der Waals surface area contributed by atoms with Crippen molar-refractivity contribution in [2.24, 2.45) is 0 Å². The van der Waals surface area contributed by atoms with E-state index in [1.54, 1.807) is 12.1 Å². The maximum absolute atomic E-state index is 11.9. The van der Waals surface area contributed by atoms with E-state index in [1.807, 2.05) is 25.1 Å². The monoisotopic (exact) mass is 312 g/mol. The number of carbonyl (C=O) groups excluding carboxylic acids is 1. The van der Waals surface area contributed by atoms with E-state index in [2.05, 4.69) is 5.32 Å². The Kier molecular flexibility index (Phi) is 5.85. The summed E-state index contributed by atoms with van der Waals surface area (Å²) >= 11 is 6.16. The molecule has 0 spiro atoms. The number of carbonyl (C=O) groups is 1. The van der Waals surface area contributed by atoms with Crippen LogP contribution in [0.5, 0.6) is 0 Å². The highest BCUT2D eigenvalue weighted by Crippen LogP contribution is 2.32. The molecule has 116 valence electrons. The number of rotatable bonds is 6. The lowest BCUT2D eigenvalue weighted by atomic mass is 10.2. The molecule has 6 heteroatoms. The zero-order valence-corrected chi connectivity index (χ0v) is 13.2. The fraction of sp³-hybridized carbons (Fsp3) is 0.533. The predicted octanol–water partition coefficient (Wildman–Crippen LogP) is 2.54. The lowest BCUT2D eigenvalue weighted by Crippen LogP contribution is -2.23. The lowest BCUT2D eigenvalue weighted by Gasteiger charge is -2.19. The van der Waals surface area contributed by atoms with E-state index in [1.165, 1.54) is 0 Å². The van der Waals surface area contributed by atoms with E-state index in [-0.39, 0.29) is 18.6 Å². The highest BCUT2D eigenvalue weighted by atomic mass is 35.5. The van der Waals surface area contributed by atoms with Gasteiger partial charge in [0, 0.05) is 20.7 Å². The van der Waals surface area contributed by atoms with Gasteiger partial charge in [-0.25, -0.2) is 0 Å². The van der Waals surface area contributed by atoms with Crippen LogP contribution in [0.3, 0.4) is 0 Å². The highest BCUT2D eigenvalue weighted by Gasteiger charge is 2.16. The number of benzene rings is 1. The number of nitrogens with zero attached hydrogens (tertiary/aromatic N) is 1. The van der Waals surface area contributed by atoms with Crippen molar-refractivity contribution in [3.05, 3.63) is 23.2 Å². The van der Waals surface area contributed by atoms with Crippen molar-refractivity contribution < 1.29 is 14.3 Å². The van der Waals surface area contributed by atoms with Gasteiger partial charge in [-0.1, -0.05) is 17.7 Å². The molecule has 1 fully saturated rings. The first-order valence-electron chi connectivity index (χ1n) is 7.03. The minimum absolute atomic E-state index is 0.0131. The Bertz CT molecular complexity index is 488. The van der Waals surface area contributed by atoms with Crippen molar-refractivity contribution >= 4 is 28.9 Å². The summed E-state index contributed by atoms with van der Waals surface area (Å²) in [5.41, 5.74) is 1.46. The van der Waals surface area contributed by atoms with Crippen molar-refractivity contribution in [2.45, 2.75) is 18.9 Å². The Morgan fingerprint density at radius 2 is 2.33 bits per heavy atom. The smallest absolute Gasteiger partial charge is 0.250 e. The van der Waals surface area contributed by atoms with Gasteiger partial charge in [0.05, 0.1) is 29.1 Å². The zero-order chi connectivity index (χ0) is 15.2. The minimum Gasteiger partial charge on any atom is -0.376 e. The van der Waals surface area contributed by atoms with Crippen LogP contribution in [0.4, 0.5) is 11.4 Å². The number of hydrogen-bond donors (Lipinski definition) is 1. The average molecular weight is 313 g/mol. The number of para-hydroxylation sites is 1. The predicted molar refractivity (Wildman–Crippen MR) is 84.2 cm³/mol. The lowest BCUT2D eigenvalue weighted by molar-refractivity contribution is -0.121. The molecule has 1 aromatic carbocycles. The van der Waals surface area contributed by atoms with Gasteiger partial charge in [0.2, 0.25) is 5.91 Å². The molecule has 1 aliphatic heterocycles. The number of ether oxygens (including phenoxy) is 2. The Balaban J connectivity index is 1.86. The van der Waals surface area contributed by atoms with E-state index in [0.717, 1.165) is 25.1 Å². The van der Waals surface area contributed by atoms with Gasteiger partial charge in [-0.3, -0.25) is 4.79 Å². The van der Waals surface area contributed by atoms with Gasteiger partial charge in [-0.15, -0.1) is 0 Å². The highest BCUT2D eigenvalue weighted by molar-refractivity contribution is 6.34. The minimum atomic E-state index is -0.196. The summed E-state index contributed by atoms with van der Waals surface area (Å²) < 4.78 is 10.8. The fourth-order valence-electron chi connectivity index (χ4n) is 2.32. The Hall–Kier alpha value is -1.30. The van der Waals surface area contributed by atoms with Crippen LogP contribution in [0.1, 0.15) is 12.8 Å². The molecule has 5 nitrogen and oxygen atoms in total. The van der Waals surface area contributed by atoms with Crippen LogP contribution in [0.2, 0.25) is 5.02 Å². The second kappa shape index (κ2) is 7.64. The fourth-order valence-corrected chi connectivity index (χ4v) is 2.66. The van der Waals surface area contributed by atoms with Crippen LogP contribution in [-0.4, -0.2) is 45.9 Å². The van der Waals surface area contributed by atoms with E-state index < -0.39 is 0 Å². The standard InChI is InChI=1S/C15H21ClN2O3/c1-18(2)15-12(16)6-3-7-13(15)17-14(19)10-20-9-11-5-4-8-21-11/h3,6-7,11H,4-5,8-10H2,1-2H3,(H,17,19). The van der Waals surface area contributed by atoms with Gasteiger partial charge in [-0.05, 0) is 25.0 Å². The molecule has 1 unspecified atom stereocenters. The van der Waals surface area contributed by atoms with Crippen molar-refractivity contribution in [2.75, 3.05) is 44.1 Å². The van der Waals surface area contributed by atoms with E-state index in [4.69, 9.17) is 21.1 Å². The second-order valence-electron chi connectivity index (χ2n) is 5.23. The molecule has 1 N–H and O–H groups in total. The average Bonchev–Trinajstić information content (AvgIpc) is 2.91. The van der Waals surface area contributed by atoms with Gasteiger partial charge in [0.25, 0.3) is 0 Å². The van der Waals surface area contributed by atoms with Crippen LogP contribution in [0, 0.1) is 0 Å². The molecule has 1 aliphatic rings. The Morgan fingerprint density at radius 3 is 3.00 bits per heavy atom. The second-order valence-corrected chi connectivity index (χ2v) is 5.64. The van der Waals surface area contributed by atoms with Crippen LogP contribution >= 0.6 is 11.6 Å². The van der Waals surface area contributed by atoms with Crippen molar-refractivity contribution in [1.29, 1.82) is 0 Å². The molecule has 0 aliphatic carbocycles. The van der Waals surface area contributed by atoms with Gasteiger partial charge in [0.1, 0.15) is 6.61 Å². The summed E-state index contributed by atoms with van der Waals surface area (Å²) in [5, 5.41) is 3.42. The van der Waals surface area contributed by atoms with Gasteiger partial charge < -0.3 is 19.7 Å². The van der Waals surface area contributed by atoms with Crippen LogP contribution in [-0.2, 0) is 14.3 Å². The quantitative estimate of drug-likeness (QED) is 0.877. The molecule has 1 heterocycles. The molecule has 1 atom stereocenters. The maximum Gasteiger partial charge on any atom is 0.250 e. The Labute approximate surface area is 130 Å². The molecule has 0 bridgehead atoms. The van der Waals surface area contributed by atoms with E-state index in [0.29, 0.717) is 17.3 Å². The molecule has 0 saturated carbocycles. The maximum atomic E-state index is 11.9. The van der Waals surface area contributed by atoms with Crippen LogP contribution in [0.15, 0.2) is 18.2 Å². The molecule has 1 amide bonds. The normalized spacial score (nSPS) is 17.8. The van der Waals surface area contributed by atoms with E-state index >= 15 is 0 Å². The zero-order valence-electron chi connectivity index (χ0n) is 12.4. The largest absolute Gasteiger partial charge is 0.376 e. The molecule has 1 saturated heterocycles. The van der Waals surface area contributed by atoms with Crippen molar-refractivity contribution in [1.82, 2.24) is 0 Å². The number of anilines is 2. The first kappa shape index (κ1) is 16.1. The summed E-state index contributed by atoms with van der Waals surface area (Å²) in [4.78, 5) is 13.8. The molecule has 1 aromatic rings. The van der Waals surface area contributed by atoms with Crippen LogP contribution in [0.25, 0.3) is 0 Å². The molecule has 2 rings (SSSR count). The number of amides is 1. The summed E-state index contributed by atoms with van der Waals surface area (Å²) in [5.74, 6) is -0.196. The number of halogens is 1. The van der Waals surface area contributed by atoms with Gasteiger partial charge in [0.15, 0.2) is 0 Å². The van der Waals surface area contributed by atoms with Gasteiger partial charge in [-0.2, -0.15) is 0 Å². The summed E-state index contributed by atoms with van der Waals surface area (Å²) in [6.07, 6.45) is 2.19. The van der Waals surface area contributed by atoms with Gasteiger partial charge >= 0.3 is 0 Å². The van der Waals surface area contributed by atoms with E-state index in [9.17, 15) is 4.79 Å². The third-order valence-corrected chi connectivity index (χ3v) is 3.57. The molecule has 0 radical (unpaired) electrons.